The number of rotatable bonds is 4. The van der Waals surface area contributed by atoms with Crippen molar-refractivity contribution in [3.63, 3.8) is 0 Å². The molecule has 1 fully saturated rings. The van der Waals surface area contributed by atoms with E-state index in [1.807, 2.05) is 6.08 Å². The molecule has 12 heavy (non-hydrogen) atoms. The standard InChI is InChI=1S/C10H20N2/c1-2-7-12-8-3-4-10(9-12)5-6-11/h2,10H,1,3-9,11H2. The van der Waals surface area contributed by atoms with Crippen LogP contribution in [0.2, 0.25) is 0 Å². The van der Waals surface area contributed by atoms with E-state index in [4.69, 9.17) is 5.73 Å². The van der Waals surface area contributed by atoms with Gasteiger partial charge in [-0.2, -0.15) is 0 Å². The molecule has 0 aromatic carbocycles. The van der Waals surface area contributed by atoms with Crippen molar-refractivity contribution in [1.29, 1.82) is 0 Å². The summed E-state index contributed by atoms with van der Waals surface area (Å²) in [6, 6.07) is 0. The van der Waals surface area contributed by atoms with E-state index in [-0.39, 0.29) is 0 Å². The van der Waals surface area contributed by atoms with Crippen LogP contribution in [-0.4, -0.2) is 31.1 Å². The van der Waals surface area contributed by atoms with E-state index < -0.39 is 0 Å². The average Bonchev–Trinajstić information content (AvgIpc) is 2.06. The van der Waals surface area contributed by atoms with Crippen LogP contribution in [0.3, 0.4) is 0 Å². The van der Waals surface area contributed by atoms with Crippen LogP contribution in [0, 0.1) is 5.92 Å². The molecule has 1 unspecified atom stereocenters. The number of hydrogen-bond acceptors (Lipinski definition) is 2. The lowest BCUT2D eigenvalue weighted by molar-refractivity contribution is 0.186. The third kappa shape index (κ3) is 2.95. The van der Waals surface area contributed by atoms with E-state index in [1.54, 1.807) is 0 Å². The molecule has 1 aliphatic heterocycles. The zero-order chi connectivity index (χ0) is 8.81. The summed E-state index contributed by atoms with van der Waals surface area (Å²) in [4.78, 5) is 2.47. The van der Waals surface area contributed by atoms with Crippen molar-refractivity contribution < 1.29 is 0 Å². The van der Waals surface area contributed by atoms with Crippen molar-refractivity contribution in [3.05, 3.63) is 12.7 Å². The zero-order valence-corrected chi connectivity index (χ0v) is 7.84. The molecule has 0 amide bonds. The largest absolute Gasteiger partial charge is 0.330 e. The lowest BCUT2D eigenvalue weighted by Gasteiger charge is -2.31. The normalized spacial score (nSPS) is 25.6. The minimum Gasteiger partial charge on any atom is -0.330 e. The van der Waals surface area contributed by atoms with Crippen molar-refractivity contribution >= 4 is 0 Å². The molecule has 0 aliphatic carbocycles. The molecule has 0 aromatic rings. The van der Waals surface area contributed by atoms with Crippen LogP contribution in [0.15, 0.2) is 12.7 Å². The van der Waals surface area contributed by atoms with Gasteiger partial charge in [-0.1, -0.05) is 6.08 Å². The second kappa shape index (κ2) is 5.33. The maximum absolute atomic E-state index is 5.54. The summed E-state index contributed by atoms with van der Waals surface area (Å²) in [5, 5.41) is 0. The first-order chi connectivity index (χ1) is 5.86. The van der Waals surface area contributed by atoms with Crippen LogP contribution in [0.4, 0.5) is 0 Å². The molecule has 0 aromatic heterocycles. The van der Waals surface area contributed by atoms with E-state index in [9.17, 15) is 0 Å². The Kier molecular flexibility index (Phi) is 4.33. The molecule has 1 aliphatic rings. The van der Waals surface area contributed by atoms with E-state index in [1.165, 1.54) is 32.4 Å². The van der Waals surface area contributed by atoms with Crippen LogP contribution in [0.5, 0.6) is 0 Å². The molecule has 70 valence electrons. The SMILES string of the molecule is C=CCN1CCCC(CCN)C1. The van der Waals surface area contributed by atoms with Gasteiger partial charge in [-0.3, -0.25) is 4.90 Å². The summed E-state index contributed by atoms with van der Waals surface area (Å²) < 4.78 is 0. The quantitative estimate of drug-likeness (QED) is 0.640. The van der Waals surface area contributed by atoms with Crippen molar-refractivity contribution in [2.45, 2.75) is 19.3 Å². The summed E-state index contributed by atoms with van der Waals surface area (Å²) in [6.45, 7) is 8.11. The molecule has 1 rings (SSSR count). The Hall–Kier alpha value is -0.340. The highest BCUT2D eigenvalue weighted by Gasteiger charge is 2.17. The third-order valence-corrected chi connectivity index (χ3v) is 2.57. The van der Waals surface area contributed by atoms with Gasteiger partial charge in [0.05, 0.1) is 0 Å². The number of likely N-dealkylation sites (tertiary alicyclic amines) is 1. The number of hydrogen-bond donors (Lipinski definition) is 1. The van der Waals surface area contributed by atoms with Gasteiger partial charge in [0.25, 0.3) is 0 Å². The zero-order valence-electron chi connectivity index (χ0n) is 7.84. The topological polar surface area (TPSA) is 29.3 Å². The first-order valence-corrected chi connectivity index (χ1v) is 4.90. The van der Waals surface area contributed by atoms with Gasteiger partial charge in [0.15, 0.2) is 0 Å². The Bertz CT molecular complexity index is 132. The highest BCUT2D eigenvalue weighted by molar-refractivity contribution is 4.79. The first kappa shape index (κ1) is 9.75. The molecule has 0 saturated carbocycles. The Morgan fingerprint density at radius 1 is 1.58 bits per heavy atom. The summed E-state index contributed by atoms with van der Waals surface area (Å²) in [7, 11) is 0. The summed E-state index contributed by atoms with van der Waals surface area (Å²) in [5.74, 6) is 0.837. The van der Waals surface area contributed by atoms with Crippen LogP contribution in [-0.2, 0) is 0 Å². The van der Waals surface area contributed by atoms with Gasteiger partial charge in [-0.15, -0.1) is 6.58 Å². The lowest BCUT2D eigenvalue weighted by atomic mass is 9.95. The molecule has 0 bridgehead atoms. The Balaban J connectivity index is 2.24. The van der Waals surface area contributed by atoms with E-state index in [2.05, 4.69) is 11.5 Å². The second-order valence-electron chi connectivity index (χ2n) is 3.63. The van der Waals surface area contributed by atoms with Gasteiger partial charge in [0.2, 0.25) is 0 Å². The molecular formula is C10H20N2. The van der Waals surface area contributed by atoms with E-state index >= 15 is 0 Å². The van der Waals surface area contributed by atoms with Crippen LogP contribution in [0.1, 0.15) is 19.3 Å². The van der Waals surface area contributed by atoms with Crippen molar-refractivity contribution in [2.24, 2.45) is 11.7 Å². The van der Waals surface area contributed by atoms with Crippen LogP contribution < -0.4 is 5.73 Å². The average molecular weight is 168 g/mol. The Morgan fingerprint density at radius 3 is 3.08 bits per heavy atom. The molecule has 2 N–H and O–H groups in total. The smallest absolute Gasteiger partial charge is 0.0160 e. The van der Waals surface area contributed by atoms with Crippen molar-refractivity contribution in [1.82, 2.24) is 4.90 Å². The fraction of sp³-hybridized carbons (Fsp3) is 0.800. The van der Waals surface area contributed by atoms with Crippen LogP contribution >= 0.6 is 0 Å². The van der Waals surface area contributed by atoms with Gasteiger partial charge in [-0.05, 0) is 38.3 Å². The van der Waals surface area contributed by atoms with Gasteiger partial charge < -0.3 is 5.73 Å². The van der Waals surface area contributed by atoms with Gasteiger partial charge in [0, 0.05) is 13.1 Å². The second-order valence-corrected chi connectivity index (χ2v) is 3.63. The summed E-state index contributed by atoms with van der Waals surface area (Å²) in [5.41, 5.74) is 5.54. The van der Waals surface area contributed by atoms with Gasteiger partial charge in [0.1, 0.15) is 0 Å². The molecule has 0 radical (unpaired) electrons. The lowest BCUT2D eigenvalue weighted by Crippen LogP contribution is -2.36. The van der Waals surface area contributed by atoms with Crippen LogP contribution in [0.25, 0.3) is 0 Å². The molecule has 2 nitrogen and oxygen atoms in total. The molecule has 1 saturated heterocycles. The molecule has 0 spiro atoms. The third-order valence-electron chi connectivity index (χ3n) is 2.57. The monoisotopic (exact) mass is 168 g/mol. The maximum Gasteiger partial charge on any atom is 0.0160 e. The van der Waals surface area contributed by atoms with E-state index in [0.29, 0.717) is 0 Å². The predicted molar refractivity (Wildman–Crippen MR) is 53.0 cm³/mol. The van der Waals surface area contributed by atoms with Crippen molar-refractivity contribution in [2.75, 3.05) is 26.2 Å². The number of nitrogens with two attached hydrogens (primary N) is 1. The van der Waals surface area contributed by atoms with Gasteiger partial charge in [-0.25, -0.2) is 0 Å². The van der Waals surface area contributed by atoms with Crippen molar-refractivity contribution in [3.8, 4) is 0 Å². The molecule has 2 heteroatoms. The Morgan fingerprint density at radius 2 is 2.42 bits per heavy atom. The fourth-order valence-electron chi connectivity index (χ4n) is 1.97. The number of nitrogens with zero attached hydrogens (tertiary/aromatic N) is 1. The number of piperidine rings is 1. The van der Waals surface area contributed by atoms with E-state index in [0.717, 1.165) is 19.0 Å². The highest BCUT2D eigenvalue weighted by atomic mass is 15.1. The predicted octanol–water partition coefficient (Wildman–Crippen LogP) is 1.23. The molecular weight excluding hydrogens is 148 g/mol. The fourth-order valence-corrected chi connectivity index (χ4v) is 1.97. The molecule has 1 heterocycles. The first-order valence-electron chi connectivity index (χ1n) is 4.90. The summed E-state index contributed by atoms with van der Waals surface area (Å²) >= 11 is 0. The summed E-state index contributed by atoms with van der Waals surface area (Å²) in [6.07, 6.45) is 5.88. The maximum atomic E-state index is 5.54. The minimum absolute atomic E-state index is 0.837. The van der Waals surface area contributed by atoms with Gasteiger partial charge >= 0.3 is 0 Å². The Labute approximate surface area is 75.4 Å². The minimum atomic E-state index is 0.837. The highest BCUT2D eigenvalue weighted by Crippen LogP contribution is 2.18. The molecule has 1 atom stereocenters.